The zero-order chi connectivity index (χ0) is 15.4. The van der Waals surface area contributed by atoms with Gasteiger partial charge in [0.2, 0.25) is 0 Å². The number of anilines is 1. The molecule has 0 amide bonds. The minimum atomic E-state index is -0.119. The van der Waals surface area contributed by atoms with Crippen LogP contribution in [0.25, 0.3) is 11.5 Å². The predicted molar refractivity (Wildman–Crippen MR) is 82.9 cm³/mol. The third-order valence-electron chi connectivity index (χ3n) is 5.71. The maximum Gasteiger partial charge on any atom is 0.266 e. The number of aromatic nitrogens is 2. The number of rotatable bonds is 3. The zero-order valence-corrected chi connectivity index (χ0v) is 12.8. The van der Waals surface area contributed by atoms with Crippen LogP contribution in [0.2, 0.25) is 0 Å². The van der Waals surface area contributed by atoms with Gasteiger partial charge >= 0.3 is 0 Å². The van der Waals surface area contributed by atoms with Crippen molar-refractivity contribution in [2.75, 3.05) is 24.6 Å². The number of fused-ring (bicyclic) bond motifs is 1. The van der Waals surface area contributed by atoms with Crippen molar-refractivity contribution in [2.45, 2.75) is 24.5 Å². The Kier molecular flexibility index (Phi) is 2.81. The lowest BCUT2D eigenvalue weighted by Crippen LogP contribution is -2.37. The number of ether oxygens (including phenoxy) is 1. The van der Waals surface area contributed by atoms with Crippen molar-refractivity contribution < 1.29 is 14.4 Å². The van der Waals surface area contributed by atoms with Gasteiger partial charge in [0.1, 0.15) is 0 Å². The summed E-state index contributed by atoms with van der Waals surface area (Å²) < 4.78 is 11.7. The van der Waals surface area contributed by atoms with Gasteiger partial charge < -0.3 is 19.3 Å². The molecule has 23 heavy (non-hydrogen) atoms. The third kappa shape index (κ3) is 1.88. The lowest BCUT2D eigenvalue weighted by Gasteiger charge is -2.27. The molecule has 1 N–H and O–H groups in total. The molecule has 2 bridgehead atoms. The number of hydrogen-bond acceptors (Lipinski definition) is 6. The first-order valence-corrected chi connectivity index (χ1v) is 8.22. The molecule has 1 aromatic heterocycles. The first-order valence-electron chi connectivity index (χ1n) is 8.22. The van der Waals surface area contributed by atoms with E-state index in [1.165, 1.54) is 0 Å². The Morgan fingerprint density at radius 3 is 3.00 bits per heavy atom. The molecule has 6 heteroatoms. The molecule has 3 aliphatic heterocycles. The van der Waals surface area contributed by atoms with E-state index in [4.69, 9.17) is 9.26 Å². The summed E-state index contributed by atoms with van der Waals surface area (Å²) in [6.45, 7) is 1.82. The van der Waals surface area contributed by atoms with Gasteiger partial charge in [0.05, 0.1) is 18.2 Å². The van der Waals surface area contributed by atoms with Crippen LogP contribution in [0.4, 0.5) is 5.95 Å². The van der Waals surface area contributed by atoms with Gasteiger partial charge in [0, 0.05) is 30.6 Å². The van der Waals surface area contributed by atoms with E-state index < -0.39 is 0 Å². The SMILES string of the molecule is OC[C@H]1[C@@H]2CC[C@@]3(CN(c4noc(-c5ccccc5)n4)C[C@@H]13)O2. The topological polar surface area (TPSA) is 71.6 Å². The Bertz CT molecular complexity index is 719. The van der Waals surface area contributed by atoms with E-state index in [2.05, 4.69) is 15.0 Å². The highest BCUT2D eigenvalue weighted by Crippen LogP contribution is 2.55. The molecular formula is C17H19N3O3. The fourth-order valence-electron chi connectivity index (χ4n) is 4.63. The molecule has 1 aromatic carbocycles. The van der Waals surface area contributed by atoms with Gasteiger partial charge in [-0.1, -0.05) is 18.2 Å². The maximum absolute atomic E-state index is 9.69. The van der Waals surface area contributed by atoms with Crippen LogP contribution in [0, 0.1) is 11.8 Å². The summed E-state index contributed by atoms with van der Waals surface area (Å²) in [7, 11) is 0. The van der Waals surface area contributed by atoms with Crippen LogP contribution in [0.15, 0.2) is 34.9 Å². The second-order valence-corrected chi connectivity index (χ2v) is 6.86. The van der Waals surface area contributed by atoms with Crippen molar-refractivity contribution in [3.05, 3.63) is 30.3 Å². The molecule has 0 saturated carbocycles. The lowest BCUT2D eigenvalue weighted by molar-refractivity contribution is 0.0128. The van der Waals surface area contributed by atoms with Crippen molar-refractivity contribution in [2.24, 2.45) is 11.8 Å². The minimum absolute atomic E-state index is 0.119. The van der Waals surface area contributed by atoms with Crippen LogP contribution in [-0.2, 0) is 4.74 Å². The van der Waals surface area contributed by atoms with Gasteiger partial charge in [0.15, 0.2) is 0 Å². The van der Waals surface area contributed by atoms with Crippen molar-refractivity contribution >= 4 is 5.95 Å². The summed E-state index contributed by atoms with van der Waals surface area (Å²) in [5.41, 5.74) is 0.806. The lowest BCUT2D eigenvalue weighted by atomic mass is 9.74. The Morgan fingerprint density at radius 1 is 1.30 bits per heavy atom. The van der Waals surface area contributed by atoms with Crippen LogP contribution >= 0.6 is 0 Å². The van der Waals surface area contributed by atoms with Crippen LogP contribution in [0.3, 0.4) is 0 Å². The van der Waals surface area contributed by atoms with E-state index in [0.717, 1.165) is 31.5 Å². The quantitative estimate of drug-likeness (QED) is 0.930. The summed E-state index contributed by atoms with van der Waals surface area (Å²) in [4.78, 5) is 6.69. The van der Waals surface area contributed by atoms with Crippen molar-refractivity contribution in [1.29, 1.82) is 0 Å². The van der Waals surface area contributed by atoms with Crippen molar-refractivity contribution in [3.63, 3.8) is 0 Å². The summed E-state index contributed by atoms with van der Waals surface area (Å²) >= 11 is 0. The van der Waals surface area contributed by atoms with Crippen molar-refractivity contribution in [1.82, 2.24) is 10.1 Å². The number of hydrogen-bond donors (Lipinski definition) is 1. The van der Waals surface area contributed by atoms with Crippen LogP contribution in [0.5, 0.6) is 0 Å². The van der Waals surface area contributed by atoms with Crippen LogP contribution < -0.4 is 4.90 Å². The first-order chi connectivity index (χ1) is 11.3. The number of aliphatic hydroxyl groups is 1. The van der Waals surface area contributed by atoms with Gasteiger partial charge in [-0.2, -0.15) is 4.98 Å². The highest BCUT2D eigenvalue weighted by atomic mass is 16.5. The molecule has 6 nitrogen and oxygen atoms in total. The molecule has 0 aliphatic carbocycles. The molecule has 3 aliphatic rings. The largest absolute Gasteiger partial charge is 0.396 e. The highest BCUT2D eigenvalue weighted by Gasteiger charge is 2.63. The second-order valence-electron chi connectivity index (χ2n) is 6.86. The summed E-state index contributed by atoms with van der Waals surface area (Å²) in [6.07, 6.45) is 2.35. The number of aliphatic hydroxyl groups excluding tert-OH is 1. The van der Waals surface area contributed by atoms with Crippen LogP contribution in [-0.4, -0.2) is 46.6 Å². The second kappa shape index (κ2) is 4.79. The van der Waals surface area contributed by atoms with Crippen LogP contribution in [0.1, 0.15) is 12.8 Å². The van der Waals surface area contributed by atoms with E-state index in [1.807, 2.05) is 30.3 Å². The molecule has 5 rings (SSSR count). The molecule has 120 valence electrons. The fourth-order valence-corrected chi connectivity index (χ4v) is 4.63. The van der Waals surface area contributed by atoms with E-state index in [-0.39, 0.29) is 24.2 Å². The molecule has 4 atom stereocenters. The van der Waals surface area contributed by atoms with Gasteiger partial charge in [-0.25, -0.2) is 0 Å². The normalized spacial score (nSPS) is 35.0. The van der Waals surface area contributed by atoms with E-state index >= 15 is 0 Å². The third-order valence-corrected chi connectivity index (χ3v) is 5.71. The zero-order valence-electron chi connectivity index (χ0n) is 12.8. The number of benzene rings is 1. The molecule has 3 fully saturated rings. The first kappa shape index (κ1) is 13.5. The smallest absolute Gasteiger partial charge is 0.266 e. The Hall–Kier alpha value is -1.92. The Morgan fingerprint density at radius 2 is 2.17 bits per heavy atom. The summed E-state index contributed by atoms with van der Waals surface area (Å²) in [5.74, 6) is 1.77. The minimum Gasteiger partial charge on any atom is -0.396 e. The molecule has 3 saturated heterocycles. The van der Waals surface area contributed by atoms with Gasteiger partial charge in [-0.3, -0.25) is 0 Å². The average Bonchev–Trinajstić information content (AvgIpc) is 3.33. The van der Waals surface area contributed by atoms with Gasteiger partial charge in [-0.05, 0) is 30.1 Å². The molecule has 0 unspecified atom stereocenters. The predicted octanol–water partition coefficient (Wildman–Crippen LogP) is 1.71. The standard InChI is InChI=1S/C17H19N3O3/c21-9-12-13-8-20(10-17(13)7-6-14(12)22-17)16-18-15(23-19-16)11-4-2-1-3-5-11/h1-5,12-14,21H,6-10H2/t12-,13+,14+,17+/m1/s1. The van der Waals surface area contributed by atoms with E-state index in [1.54, 1.807) is 0 Å². The summed E-state index contributed by atoms with van der Waals surface area (Å²) in [5, 5.41) is 13.8. The Labute approximate surface area is 134 Å². The van der Waals surface area contributed by atoms with Gasteiger partial charge in [0.25, 0.3) is 11.8 Å². The van der Waals surface area contributed by atoms with E-state index in [0.29, 0.717) is 17.8 Å². The molecule has 2 aromatic rings. The maximum atomic E-state index is 9.69. The monoisotopic (exact) mass is 313 g/mol. The summed E-state index contributed by atoms with van der Waals surface area (Å²) in [6, 6.07) is 9.79. The fraction of sp³-hybridized carbons (Fsp3) is 0.529. The van der Waals surface area contributed by atoms with Gasteiger partial charge in [-0.15, -0.1) is 0 Å². The average molecular weight is 313 g/mol. The molecule has 0 radical (unpaired) electrons. The molecule has 1 spiro atoms. The van der Waals surface area contributed by atoms with Crippen molar-refractivity contribution in [3.8, 4) is 11.5 Å². The Balaban J connectivity index is 1.41. The molecule has 4 heterocycles. The highest BCUT2D eigenvalue weighted by molar-refractivity contribution is 5.54. The molecular weight excluding hydrogens is 294 g/mol. The number of nitrogens with zero attached hydrogens (tertiary/aromatic N) is 3. The van der Waals surface area contributed by atoms with E-state index in [9.17, 15) is 5.11 Å².